The molecule has 0 heterocycles. The van der Waals surface area contributed by atoms with E-state index in [-0.39, 0.29) is 5.41 Å². The predicted octanol–water partition coefficient (Wildman–Crippen LogP) is 3.24. The summed E-state index contributed by atoms with van der Waals surface area (Å²) in [7, 11) is 0. The van der Waals surface area contributed by atoms with Crippen LogP contribution in [-0.4, -0.2) is 5.78 Å². The highest BCUT2D eigenvalue weighted by Crippen LogP contribution is 2.64. The first-order valence-electron chi connectivity index (χ1n) is 6.46. The summed E-state index contributed by atoms with van der Waals surface area (Å²) in [5, 5.41) is 0. The fourth-order valence-corrected chi connectivity index (χ4v) is 4.07. The monoisotopic (exact) mass is 224 g/mol. The fourth-order valence-electron chi connectivity index (χ4n) is 4.07. The normalized spacial score (nSPS) is 32.0. The Morgan fingerprint density at radius 3 is 2.71 bits per heavy atom. The summed E-state index contributed by atoms with van der Waals surface area (Å²) in [5.74, 6) is 1.34. The second-order valence-corrected chi connectivity index (χ2v) is 6.25. The number of benzene rings is 1. The Morgan fingerprint density at radius 1 is 1.18 bits per heavy atom. The molecule has 4 aliphatic rings. The lowest BCUT2D eigenvalue weighted by atomic mass is 9.47. The molecular weight excluding hydrogens is 208 g/mol. The molecule has 17 heavy (non-hydrogen) atoms. The van der Waals surface area contributed by atoms with Crippen LogP contribution in [-0.2, 0) is 11.2 Å². The summed E-state index contributed by atoms with van der Waals surface area (Å²) in [6.45, 7) is 4.52. The predicted molar refractivity (Wildman–Crippen MR) is 67.5 cm³/mol. The molecule has 4 aliphatic carbocycles. The zero-order valence-corrected chi connectivity index (χ0v) is 10.3. The van der Waals surface area contributed by atoms with Crippen LogP contribution in [0.2, 0.25) is 0 Å². The summed E-state index contributed by atoms with van der Waals surface area (Å²) < 4.78 is 0. The first kappa shape index (κ1) is 9.64. The Hall–Kier alpha value is -1.37. The first-order chi connectivity index (χ1) is 8.10. The van der Waals surface area contributed by atoms with E-state index in [1.165, 1.54) is 16.7 Å². The Kier molecular flexibility index (Phi) is 1.54. The smallest absolute Gasteiger partial charge is 0.163 e. The van der Waals surface area contributed by atoms with Gasteiger partial charge in [0, 0.05) is 17.9 Å². The molecule has 5 rings (SSSR count). The summed E-state index contributed by atoms with van der Waals surface area (Å²) >= 11 is 0. The van der Waals surface area contributed by atoms with Crippen molar-refractivity contribution in [3.05, 3.63) is 41.0 Å². The van der Waals surface area contributed by atoms with E-state index in [0.29, 0.717) is 17.6 Å². The van der Waals surface area contributed by atoms with E-state index in [2.05, 4.69) is 38.1 Å². The van der Waals surface area contributed by atoms with Crippen LogP contribution >= 0.6 is 0 Å². The minimum absolute atomic E-state index is 0.188. The van der Waals surface area contributed by atoms with Gasteiger partial charge in [0.1, 0.15) is 0 Å². The van der Waals surface area contributed by atoms with Gasteiger partial charge in [-0.05, 0) is 34.5 Å². The molecule has 0 radical (unpaired) electrons. The molecule has 1 heteroatoms. The van der Waals surface area contributed by atoms with Gasteiger partial charge < -0.3 is 0 Å². The molecule has 0 aliphatic heterocycles. The molecular formula is C16H16O. The summed E-state index contributed by atoms with van der Waals surface area (Å²) in [6, 6.07) is 8.54. The number of fused-ring (bicyclic) bond motifs is 1. The largest absolute Gasteiger partial charge is 0.294 e. The maximum Gasteiger partial charge on any atom is 0.163 e. The molecule has 1 saturated carbocycles. The maximum absolute atomic E-state index is 12.5. The molecule has 2 bridgehead atoms. The molecule has 0 N–H and O–H groups in total. The lowest BCUT2D eigenvalue weighted by Gasteiger charge is -2.55. The van der Waals surface area contributed by atoms with Crippen molar-refractivity contribution >= 4 is 11.4 Å². The topological polar surface area (TPSA) is 17.1 Å². The van der Waals surface area contributed by atoms with Gasteiger partial charge in [0.15, 0.2) is 5.78 Å². The van der Waals surface area contributed by atoms with Gasteiger partial charge in [-0.25, -0.2) is 0 Å². The molecule has 2 unspecified atom stereocenters. The standard InChI is InChI=1S/C16H16O/c1-16(2)12-8-13(16)15(17)11-7-9-5-3-4-6-10(9)14(11)12/h3-6,12-13H,7-8H2,1-2H3. The van der Waals surface area contributed by atoms with E-state index in [4.69, 9.17) is 0 Å². The number of ketones is 1. The molecule has 1 nitrogen and oxygen atoms in total. The maximum atomic E-state index is 12.5. The fraction of sp³-hybridized carbons (Fsp3) is 0.438. The first-order valence-corrected chi connectivity index (χ1v) is 6.46. The number of hydrogen-bond donors (Lipinski definition) is 0. The summed E-state index contributed by atoms with van der Waals surface area (Å²) in [5.41, 5.74) is 5.42. The molecule has 0 amide bonds. The van der Waals surface area contributed by atoms with Crippen LogP contribution in [0.15, 0.2) is 29.8 Å². The van der Waals surface area contributed by atoms with Crippen molar-refractivity contribution in [2.45, 2.75) is 26.7 Å². The van der Waals surface area contributed by atoms with E-state index >= 15 is 0 Å². The number of Topliss-reactive ketones (excluding diaryl/α,β-unsaturated/α-hetero) is 1. The molecule has 1 aromatic carbocycles. The number of carbonyl (C=O) groups excluding carboxylic acids is 1. The van der Waals surface area contributed by atoms with Crippen LogP contribution < -0.4 is 0 Å². The highest BCUT2D eigenvalue weighted by atomic mass is 16.1. The van der Waals surface area contributed by atoms with Crippen molar-refractivity contribution in [3.8, 4) is 0 Å². The average Bonchev–Trinajstić information content (AvgIpc) is 2.69. The van der Waals surface area contributed by atoms with Crippen molar-refractivity contribution < 1.29 is 4.79 Å². The van der Waals surface area contributed by atoms with E-state index < -0.39 is 0 Å². The van der Waals surface area contributed by atoms with Crippen molar-refractivity contribution in [3.63, 3.8) is 0 Å². The van der Waals surface area contributed by atoms with Crippen LogP contribution in [0.4, 0.5) is 0 Å². The van der Waals surface area contributed by atoms with Crippen molar-refractivity contribution in [1.82, 2.24) is 0 Å². The number of rotatable bonds is 0. The van der Waals surface area contributed by atoms with Gasteiger partial charge in [0.05, 0.1) is 0 Å². The third-order valence-corrected chi connectivity index (χ3v) is 5.23. The molecule has 1 aromatic rings. The Bertz CT molecular complexity index is 577. The lowest BCUT2D eigenvalue weighted by molar-refractivity contribution is -0.133. The lowest BCUT2D eigenvalue weighted by Crippen LogP contribution is -2.53. The Morgan fingerprint density at radius 2 is 1.94 bits per heavy atom. The minimum atomic E-state index is 0.188. The van der Waals surface area contributed by atoms with Gasteiger partial charge in [-0.1, -0.05) is 38.1 Å². The zero-order chi connectivity index (χ0) is 11.8. The van der Waals surface area contributed by atoms with Gasteiger partial charge in [-0.3, -0.25) is 4.79 Å². The van der Waals surface area contributed by atoms with Crippen LogP contribution in [0.5, 0.6) is 0 Å². The Balaban J connectivity index is 1.95. The number of allylic oxidation sites excluding steroid dienone is 2. The van der Waals surface area contributed by atoms with E-state index in [9.17, 15) is 4.79 Å². The summed E-state index contributed by atoms with van der Waals surface area (Å²) in [4.78, 5) is 12.5. The Labute approximate surface area is 102 Å². The molecule has 1 fully saturated rings. The summed E-state index contributed by atoms with van der Waals surface area (Å²) in [6.07, 6.45) is 1.96. The zero-order valence-electron chi connectivity index (χ0n) is 10.3. The quantitative estimate of drug-likeness (QED) is 0.661. The van der Waals surface area contributed by atoms with Crippen LogP contribution in [0.25, 0.3) is 5.57 Å². The highest BCUT2D eigenvalue weighted by molar-refractivity contribution is 6.11. The van der Waals surface area contributed by atoms with E-state index in [1.807, 2.05) is 0 Å². The van der Waals surface area contributed by atoms with Crippen LogP contribution in [0.1, 0.15) is 31.4 Å². The van der Waals surface area contributed by atoms with Crippen molar-refractivity contribution in [1.29, 1.82) is 0 Å². The second-order valence-electron chi connectivity index (χ2n) is 6.25. The molecule has 2 atom stereocenters. The SMILES string of the molecule is CC1(C)C2CC1C1=C(Cc3ccccc31)C2=O. The third-order valence-electron chi connectivity index (χ3n) is 5.23. The molecule has 86 valence electrons. The number of hydrogen-bond acceptors (Lipinski definition) is 1. The van der Waals surface area contributed by atoms with Gasteiger partial charge in [0.25, 0.3) is 0 Å². The van der Waals surface area contributed by atoms with Crippen molar-refractivity contribution in [2.75, 3.05) is 0 Å². The van der Waals surface area contributed by atoms with Gasteiger partial charge >= 0.3 is 0 Å². The van der Waals surface area contributed by atoms with Crippen LogP contribution in [0.3, 0.4) is 0 Å². The van der Waals surface area contributed by atoms with Gasteiger partial charge in [0.2, 0.25) is 0 Å². The third kappa shape index (κ3) is 0.947. The average molecular weight is 224 g/mol. The molecule has 0 aromatic heterocycles. The van der Waals surface area contributed by atoms with Crippen molar-refractivity contribution in [2.24, 2.45) is 17.3 Å². The highest BCUT2D eigenvalue weighted by Gasteiger charge is 2.59. The molecule has 0 spiro atoms. The number of carbonyl (C=O) groups is 1. The second kappa shape index (κ2) is 2.72. The van der Waals surface area contributed by atoms with Crippen LogP contribution in [0, 0.1) is 17.3 Å². The van der Waals surface area contributed by atoms with E-state index in [0.717, 1.165) is 18.4 Å². The van der Waals surface area contributed by atoms with E-state index in [1.54, 1.807) is 0 Å². The minimum Gasteiger partial charge on any atom is -0.294 e. The van der Waals surface area contributed by atoms with Gasteiger partial charge in [-0.2, -0.15) is 0 Å². The van der Waals surface area contributed by atoms with Gasteiger partial charge in [-0.15, -0.1) is 0 Å². The molecule has 0 saturated heterocycles.